The van der Waals surface area contributed by atoms with Gasteiger partial charge >= 0.3 is 12.4 Å². The van der Waals surface area contributed by atoms with Gasteiger partial charge in [-0.15, -0.1) is 23.5 Å². The molecule has 2 aliphatic heterocycles. The molecule has 2 atom stereocenters. The molecular formula is C10H8F6S2. The van der Waals surface area contributed by atoms with E-state index in [1.807, 2.05) is 0 Å². The Morgan fingerprint density at radius 1 is 0.778 bits per heavy atom. The zero-order chi connectivity index (χ0) is 13.6. The van der Waals surface area contributed by atoms with Gasteiger partial charge in [0.2, 0.25) is 0 Å². The molecule has 0 aromatic heterocycles. The van der Waals surface area contributed by atoms with Crippen LogP contribution in [-0.2, 0) is 0 Å². The van der Waals surface area contributed by atoms with Crippen molar-refractivity contribution in [3.63, 3.8) is 0 Å². The first-order chi connectivity index (χ1) is 8.18. The van der Waals surface area contributed by atoms with Gasteiger partial charge in [-0.3, -0.25) is 0 Å². The van der Waals surface area contributed by atoms with Crippen molar-refractivity contribution in [3.8, 4) is 0 Å². The minimum absolute atomic E-state index is 0.0517. The molecule has 0 amide bonds. The molecule has 0 N–H and O–H groups in total. The van der Waals surface area contributed by atoms with E-state index < -0.39 is 34.0 Å². The molecule has 0 bridgehead atoms. The fourth-order valence-electron chi connectivity index (χ4n) is 1.80. The highest BCUT2D eigenvalue weighted by molar-refractivity contribution is 8.03. The Balaban J connectivity index is 2.18. The van der Waals surface area contributed by atoms with E-state index in [4.69, 9.17) is 0 Å². The van der Waals surface area contributed by atoms with E-state index >= 15 is 0 Å². The minimum Gasteiger partial charge on any atom is -0.166 e. The summed E-state index contributed by atoms with van der Waals surface area (Å²) in [6.07, 6.45) is -6.66. The first-order valence-corrected chi connectivity index (χ1v) is 6.98. The van der Waals surface area contributed by atoms with Crippen LogP contribution in [0.3, 0.4) is 0 Å². The van der Waals surface area contributed by atoms with Crippen LogP contribution in [0, 0.1) is 11.8 Å². The Labute approximate surface area is 108 Å². The normalized spacial score (nSPS) is 29.4. The largest absolute Gasteiger partial charge is 0.421 e. The lowest BCUT2D eigenvalue weighted by Crippen LogP contribution is -2.28. The number of allylic oxidation sites excluding steroid dienone is 4. The Hall–Kier alpha value is -0.240. The summed E-state index contributed by atoms with van der Waals surface area (Å²) in [5.41, 5.74) is 0. The van der Waals surface area contributed by atoms with Crippen molar-refractivity contribution in [2.75, 3.05) is 11.5 Å². The third-order valence-corrected chi connectivity index (χ3v) is 5.16. The number of fused-ring (bicyclic) bond motifs is 1. The van der Waals surface area contributed by atoms with Crippen LogP contribution in [0.15, 0.2) is 22.0 Å². The van der Waals surface area contributed by atoms with Crippen LogP contribution < -0.4 is 0 Å². The Kier molecular flexibility index (Phi) is 3.70. The highest BCUT2D eigenvalue weighted by atomic mass is 32.2. The summed E-state index contributed by atoms with van der Waals surface area (Å²) in [6.45, 7) is 0. The molecule has 0 saturated carbocycles. The third-order valence-electron chi connectivity index (χ3n) is 2.70. The molecule has 2 rings (SSSR count). The molecule has 0 fully saturated rings. The van der Waals surface area contributed by atoms with E-state index in [1.54, 1.807) is 0 Å². The number of thioether (sulfide) groups is 2. The number of alkyl halides is 6. The lowest BCUT2D eigenvalue weighted by atomic mass is 9.93. The summed E-state index contributed by atoms with van der Waals surface area (Å²) >= 11 is 1.17. The molecule has 0 aliphatic carbocycles. The molecule has 0 saturated heterocycles. The van der Waals surface area contributed by atoms with Crippen LogP contribution in [0.2, 0.25) is 0 Å². The van der Waals surface area contributed by atoms with Crippen LogP contribution >= 0.6 is 23.5 Å². The van der Waals surface area contributed by atoms with Crippen molar-refractivity contribution >= 4 is 23.5 Å². The molecule has 0 nitrogen and oxygen atoms in total. The highest BCUT2D eigenvalue weighted by Crippen LogP contribution is 2.48. The molecule has 102 valence electrons. The summed E-state index contributed by atoms with van der Waals surface area (Å²) in [5.74, 6) is -0.815. The van der Waals surface area contributed by atoms with E-state index in [2.05, 4.69) is 0 Å². The lowest BCUT2D eigenvalue weighted by Gasteiger charge is -2.32. The molecule has 2 heterocycles. The van der Waals surface area contributed by atoms with Crippen LogP contribution in [0.4, 0.5) is 26.3 Å². The van der Waals surface area contributed by atoms with Crippen molar-refractivity contribution < 1.29 is 26.3 Å². The Morgan fingerprint density at radius 3 is 1.39 bits per heavy atom. The van der Waals surface area contributed by atoms with Gasteiger partial charge in [0.1, 0.15) is 0 Å². The van der Waals surface area contributed by atoms with Gasteiger partial charge in [-0.25, -0.2) is 0 Å². The quantitative estimate of drug-likeness (QED) is 0.600. The minimum atomic E-state index is -4.39. The third kappa shape index (κ3) is 3.01. The van der Waals surface area contributed by atoms with Crippen molar-refractivity contribution in [1.82, 2.24) is 0 Å². The second-order valence-electron chi connectivity index (χ2n) is 4.01. The zero-order valence-corrected chi connectivity index (χ0v) is 10.4. The molecular weight excluding hydrogens is 298 g/mol. The van der Waals surface area contributed by atoms with Gasteiger partial charge in [-0.1, -0.05) is 12.2 Å². The summed E-state index contributed by atoms with van der Waals surface area (Å²) in [4.78, 5) is -1.37. The first-order valence-electron chi connectivity index (χ1n) is 5.01. The van der Waals surface area contributed by atoms with Crippen LogP contribution in [-0.4, -0.2) is 23.9 Å². The summed E-state index contributed by atoms with van der Waals surface area (Å²) in [7, 11) is 0. The molecule has 18 heavy (non-hydrogen) atoms. The second kappa shape index (κ2) is 4.70. The Morgan fingerprint density at radius 2 is 1.11 bits per heavy atom. The summed E-state index contributed by atoms with van der Waals surface area (Å²) < 4.78 is 74.8. The maximum atomic E-state index is 12.5. The molecule has 2 aliphatic rings. The Bertz CT molecular complexity index is 354. The van der Waals surface area contributed by atoms with Gasteiger partial charge < -0.3 is 0 Å². The standard InChI is InChI=1S/C10H8F6S2/c11-9(12,13)7-1-5-3-18-8(10(14,15)16)2-6(5)4-17-7/h1-2,5-6H,3-4H2/t5-,6+. The first kappa shape index (κ1) is 14.2. The smallest absolute Gasteiger partial charge is 0.166 e. The molecule has 0 radical (unpaired) electrons. The van der Waals surface area contributed by atoms with Crippen LogP contribution in [0.1, 0.15) is 0 Å². The van der Waals surface area contributed by atoms with Gasteiger partial charge in [-0.2, -0.15) is 26.3 Å². The SMILES string of the molecule is FC(F)(F)C1=C[C@H]2CSC(C(F)(F)F)=C[C@@H]2CS1. The second-order valence-corrected chi connectivity index (χ2v) is 6.13. The topological polar surface area (TPSA) is 0 Å². The molecule has 0 unspecified atom stereocenters. The lowest BCUT2D eigenvalue weighted by molar-refractivity contribution is -0.0861. The fourth-order valence-corrected chi connectivity index (χ4v) is 4.10. The summed E-state index contributed by atoms with van der Waals surface area (Å²) in [5, 5.41) is 0. The molecule has 0 aromatic rings. The number of halogens is 6. The number of rotatable bonds is 0. The average molecular weight is 306 g/mol. The van der Waals surface area contributed by atoms with Crippen molar-refractivity contribution in [2.45, 2.75) is 12.4 Å². The van der Waals surface area contributed by atoms with E-state index in [9.17, 15) is 26.3 Å². The number of hydrogen-bond donors (Lipinski definition) is 0. The van der Waals surface area contributed by atoms with Gasteiger partial charge in [0.05, 0.1) is 9.81 Å². The van der Waals surface area contributed by atoms with Crippen LogP contribution in [0.5, 0.6) is 0 Å². The number of hydrogen-bond acceptors (Lipinski definition) is 2. The average Bonchev–Trinajstić information content (AvgIpc) is 2.25. The van der Waals surface area contributed by atoms with Crippen molar-refractivity contribution in [1.29, 1.82) is 0 Å². The highest BCUT2D eigenvalue weighted by Gasteiger charge is 2.43. The van der Waals surface area contributed by atoms with Crippen molar-refractivity contribution in [2.24, 2.45) is 11.8 Å². The van der Waals surface area contributed by atoms with Crippen molar-refractivity contribution in [3.05, 3.63) is 22.0 Å². The maximum absolute atomic E-state index is 12.5. The monoisotopic (exact) mass is 306 g/mol. The summed E-state index contributed by atoms with van der Waals surface area (Å²) in [6, 6.07) is 0. The van der Waals surface area contributed by atoms with Gasteiger partial charge in [-0.05, 0) is 11.8 Å². The molecule has 8 heteroatoms. The van der Waals surface area contributed by atoms with E-state index in [-0.39, 0.29) is 11.5 Å². The predicted molar refractivity (Wildman–Crippen MR) is 60.2 cm³/mol. The molecule has 0 aromatic carbocycles. The fraction of sp³-hybridized carbons (Fsp3) is 0.600. The van der Waals surface area contributed by atoms with Gasteiger partial charge in [0.15, 0.2) is 0 Å². The van der Waals surface area contributed by atoms with Gasteiger partial charge in [0.25, 0.3) is 0 Å². The zero-order valence-electron chi connectivity index (χ0n) is 8.81. The van der Waals surface area contributed by atoms with Crippen LogP contribution in [0.25, 0.3) is 0 Å². The van der Waals surface area contributed by atoms with E-state index in [1.165, 1.54) is 0 Å². The van der Waals surface area contributed by atoms with E-state index in [0.29, 0.717) is 23.5 Å². The predicted octanol–water partition coefficient (Wildman–Crippen LogP) is 4.60. The van der Waals surface area contributed by atoms with E-state index in [0.717, 1.165) is 12.2 Å². The molecule has 0 spiro atoms. The van der Waals surface area contributed by atoms with Gasteiger partial charge in [0, 0.05) is 11.5 Å². The maximum Gasteiger partial charge on any atom is 0.421 e.